The number of halogens is 3. The third-order valence-electron chi connectivity index (χ3n) is 3.69. The first kappa shape index (κ1) is 14.6. The summed E-state index contributed by atoms with van der Waals surface area (Å²) < 4.78 is 38.0. The van der Waals surface area contributed by atoms with Crippen molar-refractivity contribution in [1.82, 2.24) is 4.98 Å². The summed E-state index contributed by atoms with van der Waals surface area (Å²) in [6.07, 6.45) is -4.01. The Kier molecular flexibility index (Phi) is 3.89. The second-order valence-corrected chi connectivity index (χ2v) is 5.19. The van der Waals surface area contributed by atoms with Gasteiger partial charge in [-0.25, -0.2) is 4.98 Å². The van der Waals surface area contributed by atoms with Crippen LogP contribution in [0.2, 0.25) is 0 Å². The van der Waals surface area contributed by atoms with E-state index in [4.69, 9.17) is 0 Å². The van der Waals surface area contributed by atoms with Crippen LogP contribution in [-0.4, -0.2) is 24.2 Å². The zero-order valence-electron chi connectivity index (χ0n) is 11.5. The van der Waals surface area contributed by atoms with Crippen molar-refractivity contribution in [3.63, 3.8) is 0 Å². The van der Waals surface area contributed by atoms with Gasteiger partial charge in [0.25, 0.3) is 0 Å². The van der Waals surface area contributed by atoms with Crippen LogP contribution in [0.3, 0.4) is 0 Å². The largest absolute Gasteiger partial charge is 0.391 e. The summed E-state index contributed by atoms with van der Waals surface area (Å²) in [5.74, 6) is -0.721. The Hall–Kier alpha value is -1.77. The fourth-order valence-electron chi connectivity index (χ4n) is 2.60. The van der Waals surface area contributed by atoms with E-state index in [1.165, 1.54) is 0 Å². The highest BCUT2D eigenvalue weighted by Crippen LogP contribution is 2.35. The zero-order chi connectivity index (χ0) is 14.9. The van der Waals surface area contributed by atoms with Crippen LogP contribution in [0.5, 0.6) is 0 Å². The number of rotatable bonds is 1. The van der Waals surface area contributed by atoms with Crippen molar-refractivity contribution >= 4 is 5.82 Å². The summed E-state index contributed by atoms with van der Waals surface area (Å²) in [7, 11) is 0. The number of anilines is 1. The van der Waals surface area contributed by atoms with E-state index < -0.39 is 12.1 Å². The molecule has 108 valence electrons. The number of hydrogen-bond acceptors (Lipinski definition) is 3. The summed E-state index contributed by atoms with van der Waals surface area (Å²) in [5.41, 5.74) is 2.04. The minimum absolute atomic E-state index is 0.0586. The van der Waals surface area contributed by atoms with E-state index in [9.17, 15) is 18.4 Å². The first-order valence-corrected chi connectivity index (χ1v) is 6.53. The molecule has 1 fully saturated rings. The first-order valence-electron chi connectivity index (χ1n) is 6.53. The standard InChI is InChI=1S/C14H16F3N3/c1-9-7-10(2)19-13(12(9)8-18)20-5-3-11(4-6-20)14(15,16)17/h7,11H,3-6H2,1-2H3. The van der Waals surface area contributed by atoms with Crippen LogP contribution in [0.1, 0.15) is 29.7 Å². The predicted molar refractivity (Wildman–Crippen MR) is 69.4 cm³/mol. The first-order chi connectivity index (χ1) is 9.32. The number of pyridine rings is 1. The van der Waals surface area contributed by atoms with Gasteiger partial charge < -0.3 is 4.90 Å². The molecule has 1 aromatic heterocycles. The molecule has 3 nitrogen and oxygen atoms in total. The van der Waals surface area contributed by atoms with Gasteiger partial charge in [-0.3, -0.25) is 0 Å². The minimum atomic E-state index is -4.12. The normalized spacial score (nSPS) is 17.1. The smallest absolute Gasteiger partial charge is 0.355 e. The third kappa shape index (κ3) is 2.87. The van der Waals surface area contributed by atoms with Gasteiger partial charge in [-0.1, -0.05) is 0 Å². The van der Waals surface area contributed by atoms with Crippen molar-refractivity contribution in [2.45, 2.75) is 32.9 Å². The van der Waals surface area contributed by atoms with E-state index in [1.54, 1.807) is 4.90 Å². The molecule has 0 aliphatic carbocycles. The number of hydrogen-bond donors (Lipinski definition) is 0. The van der Waals surface area contributed by atoms with Crippen LogP contribution in [0, 0.1) is 31.1 Å². The highest BCUT2D eigenvalue weighted by Gasteiger charge is 2.41. The second kappa shape index (κ2) is 5.31. The molecule has 1 aliphatic rings. The molecule has 1 saturated heterocycles. The van der Waals surface area contributed by atoms with Gasteiger partial charge in [-0.2, -0.15) is 18.4 Å². The molecule has 0 atom stereocenters. The minimum Gasteiger partial charge on any atom is -0.355 e. The molecule has 0 unspecified atom stereocenters. The Balaban J connectivity index is 2.21. The lowest BCUT2D eigenvalue weighted by atomic mass is 9.96. The van der Waals surface area contributed by atoms with Crippen LogP contribution in [-0.2, 0) is 0 Å². The Morgan fingerprint density at radius 3 is 2.40 bits per heavy atom. The molecule has 6 heteroatoms. The molecule has 0 spiro atoms. The molecule has 1 aromatic rings. The van der Waals surface area contributed by atoms with Crippen molar-refractivity contribution in [1.29, 1.82) is 5.26 Å². The molecule has 0 saturated carbocycles. The summed E-state index contributed by atoms with van der Waals surface area (Å²) in [6.45, 7) is 4.21. The third-order valence-corrected chi connectivity index (χ3v) is 3.69. The topological polar surface area (TPSA) is 39.9 Å². The Morgan fingerprint density at radius 2 is 1.90 bits per heavy atom. The average molecular weight is 283 g/mol. The summed E-state index contributed by atoms with van der Waals surface area (Å²) >= 11 is 0. The van der Waals surface area contributed by atoms with Gasteiger partial charge in [0.15, 0.2) is 0 Å². The second-order valence-electron chi connectivity index (χ2n) is 5.19. The maximum absolute atomic E-state index is 12.7. The van der Waals surface area contributed by atoms with Crippen molar-refractivity contribution < 1.29 is 13.2 Å². The van der Waals surface area contributed by atoms with E-state index in [1.807, 2.05) is 19.9 Å². The van der Waals surface area contributed by atoms with E-state index >= 15 is 0 Å². The van der Waals surface area contributed by atoms with Crippen LogP contribution < -0.4 is 4.90 Å². The van der Waals surface area contributed by atoms with E-state index in [0.29, 0.717) is 11.4 Å². The molecular weight excluding hydrogens is 267 g/mol. The predicted octanol–water partition coefficient (Wildman–Crippen LogP) is 3.35. The number of aromatic nitrogens is 1. The Labute approximate surface area is 116 Å². The van der Waals surface area contributed by atoms with Gasteiger partial charge in [0.05, 0.1) is 11.5 Å². The van der Waals surface area contributed by atoms with Crippen LogP contribution in [0.15, 0.2) is 6.07 Å². The maximum atomic E-state index is 12.7. The lowest BCUT2D eigenvalue weighted by Gasteiger charge is -2.34. The van der Waals surface area contributed by atoms with Crippen LogP contribution >= 0.6 is 0 Å². The summed E-state index contributed by atoms with van der Waals surface area (Å²) in [5, 5.41) is 9.21. The molecule has 20 heavy (non-hydrogen) atoms. The van der Waals surface area contributed by atoms with Gasteiger partial charge in [0.1, 0.15) is 11.9 Å². The number of aryl methyl sites for hydroxylation is 2. The number of nitrogens with zero attached hydrogens (tertiary/aromatic N) is 3. The van der Waals surface area contributed by atoms with Crippen LogP contribution in [0.25, 0.3) is 0 Å². The quantitative estimate of drug-likeness (QED) is 0.793. The van der Waals surface area contributed by atoms with Crippen molar-refractivity contribution in [2.24, 2.45) is 5.92 Å². The Bertz CT molecular complexity index is 538. The molecular formula is C14H16F3N3. The SMILES string of the molecule is Cc1cc(C)c(C#N)c(N2CCC(C(F)(F)F)CC2)n1. The molecule has 2 rings (SSSR count). The molecule has 0 radical (unpaired) electrons. The highest BCUT2D eigenvalue weighted by molar-refractivity contribution is 5.58. The fraction of sp³-hybridized carbons (Fsp3) is 0.571. The summed E-state index contributed by atoms with van der Waals surface area (Å²) in [6, 6.07) is 3.91. The van der Waals surface area contributed by atoms with Crippen molar-refractivity contribution in [3.05, 3.63) is 22.9 Å². The molecule has 0 aromatic carbocycles. The lowest BCUT2D eigenvalue weighted by Crippen LogP contribution is -2.39. The molecule has 1 aliphatic heterocycles. The molecule has 0 bridgehead atoms. The van der Waals surface area contributed by atoms with Crippen molar-refractivity contribution in [2.75, 3.05) is 18.0 Å². The maximum Gasteiger partial charge on any atom is 0.391 e. The average Bonchev–Trinajstić information content (AvgIpc) is 2.37. The number of piperidine rings is 1. The molecule has 0 amide bonds. The van der Waals surface area contributed by atoms with Gasteiger partial charge in [0, 0.05) is 18.8 Å². The number of nitriles is 1. The fourth-order valence-corrected chi connectivity index (χ4v) is 2.60. The molecule has 0 N–H and O–H groups in total. The van der Waals surface area contributed by atoms with Crippen molar-refractivity contribution in [3.8, 4) is 6.07 Å². The van der Waals surface area contributed by atoms with Gasteiger partial charge in [-0.15, -0.1) is 0 Å². The lowest BCUT2D eigenvalue weighted by molar-refractivity contribution is -0.179. The van der Waals surface area contributed by atoms with Crippen LogP contribution in [0.4, 0.5) is 19.0 Å². The number of alkyl halides is 3. The molecule has 2 heterocycles. The Morgan fingerprint density at radius 1 is 1.30 bits per heavy atom. The van der Waals surface area contributed by atoms with E-state index in [0.717, 1.165) is 11.3 Å². The zero-order valence-corrected chi connectivity index (χ0v) is 11.5. The van der Waals surface area contributed by atoms with Gasteiger partial charge in [0.2, 0.25) is 0 Å². The summed E-state index contributed by atoms with van der Waals surface area (Å²) in [4.78, 5) is 6.13. The van der Waals surface area contributed by atoms with E-state index in [-0.39, 0.29) is 25.9 Å². The van der Waals surface area contributed by atoms with E-state index in [2.05, 4.69) is 11.1 Å². The van der Waals surface area contributed by atoms with Gasteiger partial charge in [-0.05, 0) is 38.3 Å². The van der Waals surface area contributed by atoms with Gasteiger partial charge >= 0.3 is 6.18 Å². The highest BCUT2D eigenvalue weighted by atomic mass is 19.4. The monoisotopic (exact) mass is 283 g/mol.